The van der Waals surface area contributed by atoms with Crippen molar-refractivity contribution in [2.45, 2.75) is 31.8 Å². The van der Waals surface area contributed by atoms with Crippen molar-refractivity contribution in [2.24, 2.45) is 0 Å². The van der Waals surface area contributed by atoms with Crippen LogP contribution in [-0.4, -0.2) is 12.1 Å². The number of rotatable bonds is 5. The summed E-state index contributed by atoms with van der Waals surface area (Å²) < 4.78 is 4.73. The Kier molecular flexibility index (Phi) is 2.82. The monoisotopic (exact) mass is 190 g/mol. The Morgan fingerprint density at radius 3 is 2.50 bits per heavy atom. The molecule has 0 radical (unpaired) electrons. The van der Waals surface area contributed by atoms with Crippen molar-refractivity contribution in [3.05, 3.63) is 35.9 Å². The summed E-state index contributed by atoms with van der Waals surface area (Å²) in [6, 6.07) is 10.4. The lowest BCUT2D eigenvalue weighted by Gasteiger charge is -1.98. The number of unbranched alkanes of at least 4 members (excludes halogenated alkanes) is 1. The average Bonchev–Trinajstić information content (AvgIpc) is 2.91. The van der Waals surface area contributed by atoms with E-state index < -0.39 is 0 Å². The van der Waals surface area contributed by atoms with Gasteiger partial charge in [-0.3, -0.25) is 0 Å². The van der Waals surface area contributed by atoms with Gasteiger partial charge < -0.3 is 4.74 Å². The Bertz CT molecular complexity index is 305. The van der Waals surface area contributed by atoms with E-state index in [9.17, 15) is 4.79 Å². The second-order valence-corrected chi connectivity index (χ2v) is 3.66. The number of benzene rings is 1. The van der Waals surface area contributed by atoms with Crippen LogP contribution in [0.5, 0.6) is 0 Å². The standard InChI is InChI=1S/C12H14O2/c13-12-11(14-12)9-5-4-8-10-6-2-1-3-7-10/h1-3,6-7,11H,4-5,8-9H2. The molecule has 0 aliphatic carbocycles. The highest BCUT2D eigenvalue weighted by molar-refractivity contribution is 5.87. The van der Waals surface area contributed by atoms with Gasteiger partial charge in [0.15, 0.2) is 6.10 Å². The molecule has 0 saturated carbocycles. The van der Waals surface area contributed by atoms with Gasteiger partial charge in [-0.25, -0.2) is 4.79 Å². The highest BCUT2D eigenvalue weighted by Gasteiger charge is 2.36. The molecule has 0 bridgehead atoms. The maximum atomic E-state index is 10.5. The Labute approximate surface area is 83.9 Å². The zero-order valence-corrected chi connectivity index (χ0v) is 8.11. The van der Waals surface area contributed by atoms with Crippen LogP contribution in [-0.2, 0) is 16.0 Å². The quantitative estimate of drug-likeness (QED) is 0.526. The van der Waals surface area contributed by atoms with Gasteiger partial charge in [0.05, 0.1) is 0 Å². The Morgan fingerprint density at radius 2 is 1.86 bits per heavy atom. The average molecular weight is 190 g/mol. The lowest BCUT2D eigenvalue weighted by Crippen LogP contribution is -1.90. The SMILES string of the molecule is O=C1OC1CCCCc1ccccc1. The molecule has 2 nitrogen and oxygen atoms in total. The second kappa shape index (κ2) is 4.27. The third-order valence-corrected chi connectivity index (χ3v) is 2.49. The molecule has 1 aromatic carbocycles. The van der Waals surface area contributed by atoms with E-state index in [1.165, 1.54) is 5.56 Å². The first-order valence-corrected chi connectivity index (χ1v) is 5.11. The Hall–Kier alpha value is -1.31. The first kappa shape index (κ1) is 9.25. The number of ether oxygens (including phenoxy) is 1. The molecular weight excluding hydrogens is 176 g/mol. The summed E-state index contributed by atoms with van der Waals surface area (Å²) in [7, 11) is 0. The van der Waals surface area contributed by atoms with Gasteiger partial charge in [-0.2, -0.15) is 0 Å². The first-order valence-electron chi connectivity index (χ1n) is 5.11. The van der Waals surface area contributed by atoms with Gasteiger partial charge in [-0.15, -0.1) is 0 Å². The molecule has 0 aromatic heterocycles. The lowest BCUT2D eigenvalue weighted by atomic mass is 10.1. The Balaban J connectivity index is 1.61. The number of epoxide rings is 1. The highest BCUT2D eigenvalue weighted by Crippen LogP contribution is 2.19. The molecule has 1 aliphatic rings. The number of carbonyl (C=O) groups is 1. The molecule has 0 spiro atoms. The summed E-state index contributed by atoms with van der Waals surface area (Å²) in [5.41, 5.74) is 1.37. The van der Waals surface area contributed by atoms with E-state index in [0.29, 0.717) is 0 Å². The molecule has 1 heterocycles. The molecule has 14 heavy (non-hydrogen) atoms. The molecular formula is C12H14O2. The molecule has 74 valence electrons. The molecule has 0 amide bonds. The summed E-state index contributed by atoms with van der Waals surface area (Å²) in [5.74, 6) is -0.0234. The van der Waals surface area contributed by atoms with E-state index in [4.69, 9.17) is 4.74 Å². The summed E-state index contributed by atoms with van der Waals surface area (Å²) >= 11 is 0. The summed E-state index contributed by atoms with van der Waals surface area (Å²) in [5, 5.41) is 0. The molecule has 2 heteroatoms. The fourth-order valence-electron chi connectivity index (χ4n) is 1.59. The van der Waals surface area contributed by atoms with E-state index in [1.807, 2.05) is 6.07 Å². The molecule has 1 saturated heterocycles. The van der Waals surface area contributed by atoms with Crippen LogP contribution in [0.15, 0.2) is 30.3 Å². The number of aryl methyl sites for hydroxylation is 1. The minimum absolute atomic E-state index is 0.0234. The van der Waals surface area contributed by atoms with Crippen LogP contribution in [0.4, 0.5) is 0 Å². The van der Waals surface area contributed by atoms with Gasteiger partial charge in [0, 0.05) is 0 Å². The second-order valence-electron chi connectivity index (χ2n) is 3.66. The van der Waals surface area contributed by atoms with Gasteiger partial charge in [0.2, 0.25) is 0 Å². The number of hydrogen-bond donors (Lipinski definition) is 0. The minimum atomic E-state index is -0.0641. The third-order valence-electron chi connectivity index (χ3n) is 2.49. The first-order chi connectivity index (χ1) is 6.86. The van der Waals surface area contributed by atoms with Crippen LogP contribution in [0.25, 0.3) is 0 Å². The van der Waals surface area contributed by atoms with Crippen molar-refractivity contribution in [3.8, 4) is 0 Å². The minimum Gasteiger partial charge on any atom is -0.448 e. The maximum Gasteiger partial charge on any atom is 0.348 e. The van der Waals surface area contributed by atoms with Crippen LogP contribution < -0.4 is 0 Å². The van der Waals surface area contributed by atoms with E-state index in [1.54, 1.807) is 0 Å². The number of carbonyl (C=O) groups excluding carboxylic acids is 1. The normalized spacial score (nSPS) is 19.1. The summed E-state index contributed by atoms with van der Waals surface area (Å²) in [6.07, 6.45) is 4.14. The van der Waals surface area contributed by atoms with Gasteiger partial charge in [-0.1, -0.05) is 30.3 Å². The zero-order chi connectivity index (χ0) is 9.80. The van der Waals surface area contributed by atoms with Gasteiger partial charge in [-0.05, 0) is 31.2 Å². The van der Waals surface area contributed by atoms with Crippen LogP contribution in [0.1, 0.15) is 24.8 Å². The molecule has 1 unspecified atom stereocenters. The smallest absolute Gasteiger partial charge is 0.348 e. The van der Waals surface area contributed by atoms with Crippen molar-refractivity contribution < 1.29 is 9.53 Å². The van der Waals surface area contributed by atoms with Crippen molar-refractivity contribution in [1.82, 2.24) is 0 Å². The summed E-state index contributed by atoms with van der Waals surface area (Å²) in [6.45, 7) is 0. The zero-order valence-electron chi connectivity index (χ0n) is 8.11. The molecule has 0 N–H and O–H groups in total. The number of hydrogen-bond acceptors (Lipinski definition) is 2. The van der Waals surface area contributed by atoms with E-state index in [-0.39, 0.29) is 12.1 Å². The molecule has 1 atom stereocenters. The van der Waals surface area contributed by atoms with Crippen LogP contribution in [0, 0.1) is 0 Å². The molecule has 1 aromatic rings. The van der Waals surface area contributed by atoms with Crippen molar-refractivity contribution in [2.75, 3.05) is 0 Å². The molecule has 1 fully saturated rings. The molecule has 2 rings (SSSR count). The van der Waals surface area contributed by atoms with E-state index in [2.05, 4.69) is 24.3 Å². The largest absolute Gasteiger partial charge is 0.448 e. The van der Waals surface area contributed by atoms with Crippen LogP contribution in [0.3, 0.4) is 0 Å². The van der Waals surface area contributed by atoms with Crippen molar-refractivity contribution in [3.63, 3.8) is 0 Å². The topological polar surface area (TPSA) is 29.6 Å². The van der Waals surface area contributed by atoms with Crippen molar-refractivity contribution >= 4 is 5.97 Å². The van der Waals surface area contributed by atoms with Gasteiger partial charge in [0.1, 0.15) is 0 Å². The third kappa shape index (κ3) is 2.59. The maximum absolute atomic E-state index is 10.5. The van der Waals surface area contributed by atoms with E-state index >= 15 is 0 Å². The highest BCUT2D eigenvalue weighted by atomic mass is 16.6. The van der Waals surface area contributed by atoms with Gasteiger partial charge >= 0.3 is 5.97 Å². The fourth-order valence-corrected chi connectivity index (χ4v) is 1.59. The van der Waals surface area contributed by atoms with Gasteiger partial charge in [0.25, 0.3) is 0 Å². The van der Waals surface area contributed by atoms with Crippen molar-refractivity contribution in [1.29, 1.82) is 0 Å². The fraction of sp³-hybridized carbons (Fsp3) is 0.417. The van der Waals surface area contributed by atoms with Crippen LogP contribution in [0.2, 0.25) is 0 Å². The Morgan fingerprint density at radius 1 is 1.14 bits per heavy atom. The summed E-state index contributed by atoms with van der Waals surface area (Å²) in [4.78, 5) is 10.5. The predicted molar refractivity (Wildman–Crippen MR) is 53.9 cm³/mol. The van der Waals surface area contributed by atoms with E-state index in [0.717, 1.165) is 25.7 Å². The molecule has 1 aliphatic heterocycles. The number of cyclic esters (lactones) is 1. The van der Waals surface area contributed by atoms with Crippen LogP contribution >= 0.6 is 0 Å². The lowest BCUT2D eigenvalue weighted by molar-refractivity contribution is -0.117. The predicted octanol–water partition coefficient (Wildman–Crippen LogP) is 2.32.